The third kappa shape index (κ3) is 3.13. The summed E-state index contributed by atoms with van der Waals surface area (Å²) < 4.78 is 26.5. The highest BCUT2D eigenvalue weighted by Gasteiger charge is 2.32. The zero-order valence-corrected chi connectivity index (χ0v) is 12.9. The Labute approximate surface area is 125 Å². The maximum absolute atomic E-state index is 12.5. The Morgan fingerprint density at radius 3 is 2.70 bits per heavy atom. The number of hydrogen-bond donors (Lipinski definition) is 1. The molecule has 20 heavy (non-hydrogen) atoms. The van der Waals surface area contributed by atoms with E-state index in [9.17, 15) is 8.42 Å². The normalized spacial score (nSPS) is 19.4. The number of benzene rings is 1. The Hall–Kier alpha value is -1.13. The van der Waals surface area contributed by atoms with Gasteiger partial charge in [0.05, 0.1) is 16.5 Å². The second kappa shape index (κ2) is 6.55. The van der Waals surface area contributed by atoms with Crippen molar-refractivity contribution in [2.24, 2.45) is 11.7 Å². The van der Waals surface area contributed by atoms with Crippen molar-refractivity contribution in [3.63, 3.8) is 0 Å². The molecule has 1 fully saturated rings. The average molecular weight is 316 g/mol. The van der Waals surface area contributed by atoms with Gasteiger partial charge in [0.15, 0.2) is 0 Å². The maximum Gasteiger partial charge on any atom is 0.243 e. The lowest BCUT2D eigenvalue weighted by Gasteiger charge is -2.17. The zero-order valence-electron chi connectivity index (χ0n) is 11.2. The van der Waals surface area contributed by atoms with Crippen LogP contribution in [-0.4, -0.2) is 32.4 Å². The minimum absolute atomic E-state index is 0. The molecule has 2 N–H and O–H groups in total. The number of rotatable bonds is 3. The highest BCUT2D eigenvalue weighted by Crippen LogP contribution is 2.26. The minimum atomic E-state index is -3.47. The Morgan fingerprint density at radius 1 is 1.50 bits per heavy atom. The summed E-state index contributed by atoms with van der Waals surface area (Å²) in [4.78, 5) is 0.282. The second-order valence-electron chi connectivity index (χ2n) is 4.85. The number of sulfonamides is 1. The van der Waals surface area contributed by atoms with E-state index in [1.807, 2.05) is 6.07 Å². The van der Waals surface area contributed by atoms with Crippen molar-refractivity contribution in [2.45, 2.75) is 18.2 Å². The Balaban J connectivity index is 0.00000200. The molecule has 5 nitrogen and oxygen atoms in total. The molecule has 1 aliphatic rings. The number of halogens is 1. The Morgan fingerprint density at radius 2 is 2.20 bits per heavy atom. The van der Waals surface area contributed by atoms with Crippen LogP contribution in [0.2, 0.25) is 0 Å². The summed E-state index contributed by atoms with van der Waals surface area (Å²) in [7, 11) is -3.47. The molecule has 1 unspecified atom stereocenters. The lowest BCUT2D eigenvalue weighted by atomic mass is 10.1. The molecule has 0 aliphatic carbocycles. The van der Waals surface area contributed by atoms with Gasteiger partial charge in [-0.05, 0) is 49.6 Å². The standard InChI is InChI=1S/C13H17N3O2S.ClH/c1-10-6-11(7-14)2-3-13(10)19(17,18)16-5-4-12(8-15)9-16;/h2-3,6,12H,4-5,8-9,15H2,1H3;1H. The molecule has 0 saturated carbocycles. The number of nitrogens with two attached hydrogens (primary N) is 1. The van der Waals surface area contributed by atoms with Gasteiger partial charge in [0.2, 0.25) is 10.0 Å². The van der Waals surface area contributed by atoms with Gasteiger partial charge in [0.25, 0.3) is 0 Å². The molecule has 1 aliphatic heterocycles. The van der Waals surface area contributed by atoms with Crippen molar-refractivity contribution in [1.82, 2.24) is 4.31 Å². The lowest BCUT2D eigenvalue weighted by molar-refractivity contribution is 0.458. The van der Waals surface area contributed by atoms with Crippen molar-refractivity contribution in [1.29, 1.82) is 5.26 Å². The number of nitriles is 1. The molecule has 0 aromatic heterocycles. The fourth-order valence-corrected chi connectivity index (χ4v) is 4.09. The first-order valence-corrected chi connectivity index (χ1v) is 7.64. The summed E-state index contributed by atoms with van der Waals surface area (Å²) in [5.74, 6) is 0.244. The molecule has 7 heteroatoms. The molecule has 0 amide bonds. The predicted octanol–water partition coefficient (Wildman–Crippen LogP) is 1.26. The number of nitrogens with zero attached hydrogens (tertiary/aromatic N) is 2. The quantitative estimate of drug-likeness (QED) is 0.909. The maximum atomic E-state index is 12.5. The van der Waals surface area contributed by atoms with Crippen LogP contribution < -0.4 is 5.73 Å². The number of hydrogen-bond acceptors (Lipinski definition) is 4. The fourth-order valence-electron chi connectivity index (χ4n) is 2.36. The van der Waals surface area contributed by atoms with Crippen LogP contribution in [0.1, 0.15) is 17.5 Å². The van der Waals surface area contributed by atoms with Crippen LogP contribution in [0.15, 0.2) is 23.1 Å². The highest BCUT2D eigenvalue weighted by molar-refractivity contribution is 7.89. The van der Waals surface area contributed by atoms with Crippen molar-refractivity contribution >= 4 is 22.4 Å². The lowest BCUT2D eigenvalue weighted by Crippen LogP contribution is -2.30. The monoisotopic (exact) mass is 315 g/mol. The molecule has 0 bridgehead atoms. The van der Waals surface area contributed by atoms with E-state index in [2.05, 4.69) is 0 Å². The van der Waals surface area contributed by atoms with E-state index in [1.165, 1.54) is 16.4 Å². The summed E-state index contributed by atoms with van der Waals surface area (Å²) in [5.41, 5.74) is 6.67. The summed E-state index contributed by atoms with van der Waals surface area (Å²) >= 11 is 0. The van der Waals surface area contributed by atoms with Gasteiger partial charge in [-0.15, -0.1) is 12.4 Å². The van der Waals surface area contributed by atoms with Crippen LogP contribution >= 0.6 is 12.4 Å². The fraction of sp³-hybridized carbons (Fsp3) is 0.462. The molecule has 1 atom stereocenters. The van der Waals surface area contributed by atoms with Gasteiger partial charge in [-0.25, -0.2) is 8.42 Å². The van der Waals surface area contributed by atoms with Gasteiger partial charge >= 0.3 is 0 Å². The van der Waals surface area contributed by atoms with Crippen molar-refractivity contribution in [3.8, 4) is 6.07 Å². The van der Waals surface area contributed by atoms with E-state index in [1.54, 1.807) is 13.0 Å². The first-order valence-electron chi connectivity index (χ1n) is 6.20. The third-order valence-electron chi connectivity index (χ3n) is 3.50. The third-order valence-corrected chi connectivity index (χ3v) is 5.53. The van der Waals surface area contributed by atoms with Crippen LogP contribution in [-0.2, 0) is 10.0 Å². The van der Waals surface area contributed by atoms with Gasteiger partial charge in [-0.2, -0.15) is 9.57 Å². The van der Waals surface area contributed by atoms with Crippen molar-refractivity contribution < 1.29 is 8.42 Å². The van der Waals surface area contributed by atoms with Gasteiger partial charge in [0, 0.05) is 13.1 Å². The summed E-state index contributed by atoms with van der Waals surface area (Å²) in [5, 5.41) is 8.81. The molecule has 110 valence electrons. The smallest absolute Gasteiger partial charge is 0.243 e. The average Bonchev–Trinajstić information content (AvgIpc) is 2.87. The van der Waals surface area contributed by atoms with E-state index >= 15 is 0 Å². The molecule has 1 heterocycles. The summed E-state index contributed by atoms with van der Waals surface area (Å²) in [6, 6.07) is 6.66. The van der Waals surface area contributed by atoms with Crippen LogP contribution in [0.25, 0.3) is 0 Å². The Bertz CT molecular complexity index is 625. The topological polar surface area (TPSA) is 87.2 Å². The number of aryl methyl sites for hydroxylation is 1. The van der Waals surface area contributed by atoms with E-state index in [0.717, 1.165) is 6.42 Å². The minimum Gasteiger partial charge on any atom is -0.330 e. The first-order chi connectivity index (χ1) is 8.98. The van der Waals surface area contributed by atoms with Crippen LogP contribution in [0.3, 0.4) is 0 Å². The van der Waals surface area contributed by atoms with E-state index in [-0.39, 0.29) is 23.2 Å². The van der Waals surface area contributed by atoms with Gasteiger partial charge in [0.1, 0.15) is 0 Å². The van der Waals surface area contributed by atoms with E-state index < -0.39 is 10.0 Å². The first kappa shape index (κ1) is 16.9. The highest BCUT2D eigenvalue weighted by atomic mass is 35.5. The molecule has 0 radical (unpaired) electrons. The van der Waals surface area contributed by atoms with Gasteiger partial charge < -0.3 is 5.73 Å². The van der Waals surface area contributed by atoms with Crippen LogP contribution in [0.4, 0.5) is 0 Å². The van der Waals surface area contributed by atoms with Crippen molar-refractivity contribution in [2.75, 3.05) is 19.6 Å². The molecule has 2 rings (SSSR count). The summed E-state index contributed by atoms with van der Waals surface area (Å²) in [6.07, 6.45) is 0.811. The Kier molecular flexibility index (Phi) is 5.54. The molecule has 1 saturated heterocycles. The van der Waals surface area contributed by atoms with Gasteiger partial charge in [-0.1, -0.05) is 0 Å². The largest absolute Gasteiger partial charge is 0.330 e. The second-order valence-corrected chi connectivity index (χ2v) is 6.75. The van der Waals surface area contributed by atoms with Crippen LogP contribution in [0, 0.1) is 24.2 Å². The predicted molar refractivity (Wildman–Crippen MR) is 79.1 cm³/mol. The molecule has 0 spiro atoms. The van der Waals surface area contributed by atoms with E-state index in [0.29, 0.717) is 30.8 Å². The molecular weight excluding hydrogens is 298 g/mol. The zero-order chi connectivity index (χ0) is 14.0. The molecular formula is C13H18ClN3O2S. The molecule has 1 aromatic carbocycles. The van der Waals surface area contributed by atoms with Crippen molar-refractivity contribution in [3.05, 3.63) is 29.3 Å². The van der Waals surface area contributed by atoms with Gasteiger partial charge in [-0.3, -0.25) is 0 Å². The SMILES string of the molecule is Cc1cc(C#N)ccc1S(=O)(=O)N1CCC(CN)C1.Cl. The molecule has 1 aromatic rings. The van der Waals surface area contributed by atoms with Crippen LogP contribution in [0.5, 0.6) is 0 Å². The van der Waals surface area contributed by atoms with E-state index in [4.69, 9.17) is 11.0 Å². The summed E-state index contributed by atoms with van der Waals surface area (Å²) in [6.45, 7) is 3.23.